The van der Waals surface area contributed by atoms with Crippen molar-refractivity contribution in [2.45, 2.75) is 64.1 Å². The molecule has 1 saturated carbocycles. The van der Waals surface area contributed by atoms with Gasteiger partial charge in [0.05, 0.1) is 5.75 Å². The van der Waals surface area contributed by atoms with Crippen molar-refractivity contribution in [3.05, 3.63) is 11.9 Å². The summed E-state index contributed by atoms with van der Waals surface area (Å²) in [6.45, 7) is 5.46. The first-order valence-corrected chi connectivity index (χ1v) is 8.41. The second-order valence-electron chi connectivity index (χ2n) is 6.03. The van der Waals surface area contributed by atoms with Crippen LogP contribution < -0.4 is 0 Å². The molecular weight excluding hydrogens is 272 g/mol. The molecule has 5 heteroatoms. The molecule has 0 amide bonds. The molecule has 0 unspecified atom stereocenters. The van der Waals surface area contributed by atoms with Gasteiger partial charge in [-0.3, -0.25) is 4.79 Å². The Kier molecular flexibility index (Phi) is 5.13. The Balaban J connectivity index is 2.15. The molecule has 1 N–H and O–H groups in total. The number of aromatic nitrogens is 2. The second kappa shape index (κ2) is 6.66. The number of carboxylic acid groups (broad SMARTS) is 1. The van der Waals surface area contributed by atoms with Crippen molar-refractivity contribution < 1.29 is 9.90 Å². The third kappa shape index (κ3) is 3.78. The minimum absolute atomic E-state index is 0.0802. The van der Waals surface area contributed by atoms with Crippen LogP contribution in [0.2, 0.25) is 0 Å². The first kappa shape index (κ1) is 15.4. The molecule has 2 rings (SSSR count). The average Bonchev–Trinajstić information content (AvgIpc) is 2.78. The second-order valence-corrected chi connectivity index (χ2v) is 6.97. The van der Waals surface area contributed by atoms with Crippen LogP contribution in [0.5, 0.6) is 0 Å². The van der Waals surface area contributed by atoms with Crippen LogP contribution in [0.15, 0.2) is 11.4 Å². The highest BCUT2D eigenvalue weighted by atomic mass is 32.2. The van der Waals surface area contributed by atoms with Gasteiger partial charge < -0.3 is 9.67 Å². The molecule has 1 aromatic rings. The zero-order chi connectivity index (χ0) is 14.6. The van der Waals surface area contributed by atoms with E-state index in [9.17, 15) is 4.79 Å². The van der Waals surface area contributed by atoms with Crippen molar-refractivity contribution in [2.24, 2.45) is 5.41 Å². The average molecular weight is 296 g/mol. The van der Waals surface area contributed by atoms with Gasteiger partial charge in [0.25, 0.3) is 0 Å². The number of aryl methyl sites for hydroxylation is 1. The Hall–Kier alpha value is -0.970. The van der Waals surface area contributed by atoms with E-state index < -0.39 is 5.97 Å². The van der Waals surface area contributed by atoms with Gasteiger partial charge in [0.1, 0.15) is 0 Å². The molecular formula is C15H24N2O2S. The van der Waals surface area contributed by atoms with Crippen molar-refractivity contribution in [1.82, 2.24) is 9.55 Å². The van der Waals surface area contributed by atoms with Crippen molar-refractivity contribution in [1.29, 1.82) is 0 Å². The van der Waals surface area contributed by atoms with Crippen molar-refractivity contribution >= 4 is 17.7 Å². The van der Waals surface area contributed by atoms with Gasteiger partial charge in [-0.1, -0.05) is 44.9 Å². The number of nitrogens with zero attached hydrogens (tertiary/aromatic N) is 2. The van der Waals surface area contributed by atoms with Gasteiger partial charge in [0, 0.05) is 18.4 Å². The lowest BCUT2D eigenvalue weighted by Crippen LogP contribution is -2.27. The maximum absolute atomic E-state index is 10.8. The summed E-state index contributed by atoms with van der Waals surface area (Å²) in [6.07, 6.45) is 9.33. The summed E-state index contributed by atoms with van der Waals surface area (Å²) in [5.41, 5.74) is 1.55. The fraction of sp³-hybridized carbons (Fsp3) is 0.733. The lowest BCUT2D eigenvalue weighted by molar-refractivity contribution is -0.133. The first-order valence-electron chi connectivity index (χ1n) is 7.43. The van der Waals surface area contributed by atoms with E-state index in [0.29, 0.717) is 5.41 Å². The lowest BCUT2D eigenvalue weighted by Gasteiger charge is -2.34. The molecule has 1 aromatic heterocycles. The van der Waals surface area contributed by atoms with E-state index in [1.807, 2.05) is 6.20 Å². The molecule has 20 heavy (non-hydrogen) atoms. The molecule has 112 valence electrons. The van der Waals surface area contributed by atoms with Crippen LogP contribution in [0.25, 0.3) is 0 Å². The van der Waals surface area contributed by atoms with E-state index in [0.717, 1.165) is 18.1 Å². The predicted molar refractivity (Wildman–Crippen MR) is 81.2 cm³/mol. The maximum atomic E-state index is 10.8. The molecule has 0 saturated heterocycles. The van der Waals surface area contributed by atoms with E-state index in [1.54, 1.807) is 0 Å². The lowest BCUT2D eigenvalue weighted by atomic mass is 9.75. The Morgan fingerprint density at radius 3 is 2.75 bits per heavy atom. The summed E-state index contributed by atoms with van der Waals surface area (Å²) in [4.78, 5) is 15.2. The molecule has 0 bridgehead atoms. The Bertz CT molecular complexity index is 464. The minimum atomic E-state index is -0.786. The smallest absolute Gasteiger partial charge is 0.313 e. The van der Waals surface area contributed by atoms with Crippen molar-refractivity contribution in [3.63, 3.8) is 0 Å². The van der Waals surface area contributed by atoms with Crippen molar-refractivity contribution in [3.8, 4) is 0 Å². The van der Waals surface area contributed by atoms with Gasteiger partial charge in [-0.15, -0.1) is 0 Å². The van der Waals surface area contributed by atoms with Crippen molar-refractivity contribution in [2.75, 3.05) is 5.75 Å². The van der Waals surface area contributed by atoms with Gasteiger partial charge >= 0.3 is 5.97 Å². The highest BCUT2D eigenvalue weighted by Gasteiger charge is 2.28. The normalized spacial score (nSPS) is 18.1. The van der Waals surface area contributed by atoms with E-state index in [1.165, 1.54) is 49.6 Å². The molecule has 0 spiro atoms. The quantitative estimate of drug-likeness (QED) is 0.815. The fourth-order valence-electron chi connectivity index (χ4n) is 3.03. The zero-order valence-corrected chi connectivity index (χ0v) is 13.2. The van der Waals surface area contributed by atoms with Gasteiger partial charge in [-0.05, 0) is 24.7 Å². The highest BCUT2D eigenvalue weighted by Crippen LogP contribution is 2.38. The first-order chi connectivity index (χ1) is 9.54. The third-order valence-corrected chi connectivity index (χ3v) is 5.16. The number of rotatable bonds is 6. The predicted octanol–water partition coefficient (Wildman–Crippen LogP) is 3.59. The Labute approximate surface area is 125 Å². The number of hydrogen-bond acceptors (Lipinski definition) is 3. The van der Waals surface area contributed by atoms with E-state index in [-0.39, 0.29) is 5.75 Å². The molecule has 1 aliphatic rings. The zero-order valence-electron chi connectivity index (χ0n) is 12.4. The van der Waals surface area contributed by atoms with Crippen LogP contribution in [-0.4, -0.2) is 26.4 Å². The number of aliphatic carboxylic acids is 1. The molecule has 1 fully saturated rings. The SMILES string of the molecule is CCc1cnc(SCC(=O)O)n1CC1(C)CCCCC1. The van der Waals surface area contributed by atoms with E-state index in [4.69, 9.17) is 5.11 Å². The molecule has 0 radical (unpaired) electrons. The topological polar surface area (TPSA) is 55.1 Å². The molecule has 0 atom stereocenters. The van der Waals surface area contributed by atoms with E-state index >= 15 is 0 Å². The summed E-state index contributed by atoms with van der Waals surface area (Å²) >= 11 is 1.33. The number of hydrogen-bond donors (Lipinski definition) is 1. The molecule has 1 heterocycles. The number of imidazole rings is 1. The number of carboxylic acids is 1. The molecule has 0 aliphatic heterocycles. The van der Waals surface area contributed by atoms with Gasteiger partial charge in [0.15, 0.2) is 5.16 Å². The monoisotopic (exact) mass is 296 g/mol. The summed E-state index contributed by atoms with van der Waals surface area (Å²) < 4.78 is 2.25. The maximum Gasteiger partial charge on any atom is 0.313 e. The van der Waals surface area contributed by atoms with Crippen LogP contribution in [0, 0.1) is 5.41 Å². The van der Waals surface area contributed by atoms with Gasteiger partial charge in [-0.25, -0.2) is 4.98 Å². The van der Waals surface area contributed by atoms with Gasteiger partial charge in [-0.2, -0.15) is 0 Å². The summed E-state index contributed by atoms with van der Waals surface area (Å²) in [5, 5.41) is 9.70. The summed E-state index contributed by atoms with van der Waals surface area (Å²) in [7, 11) is 0. The van der Waals surface area contributed by atoms with Crippen LogP contribution >= 0.6 is 11.8 Å². The Morgan fingerprint density at radius 1 is 1.45 bits per heavy atom. The van der Waals surface area contributed by atoms with E-state index in [2.05, 4.69) is 23.4 Å². The summed E-state index contributed by atoms with van der Waals surface area (Å²) in [6, 6.07) is 0. The third-order valence-electron chi connectivity index (χ3n) is 4.19. The molecule has 1 aliphatic carbocycles. The molecule has 0 aromatic carbocycles. The molecule has 4 nitrogen and oxygen atoms in total. The number of thioether (sulfide) groups is 1. The summed E-state index contributed by atoms with van der Waals surface area (Å²) in [5.74, 6) is -0.705. The van der Waals surface area contributed by atoms with Crippen LogP contribution in [-0.2, 0) is 17.8 Å². The van der Waals surface area contributed by atoms with Crippen LogP contribution in [0.3, 0.4) is 0 Å². The largest absolute Gasteiger partial charge is 0.481 e. The van der Waals surface area contributed by atoms with Crippen LogP contribution in [0.1, 0.15) is 51.6 Å². The standard InChI is InChI=1S/C15H24N2O2S/c1-3-12-9-16-14(20-10-13(18)19)17(12)11-15(2)7-5-4-6-8-15/h9H,3-8,10-11H2,1-2H3,(H,18,19). The fourth-order valence-corrected chi connectivity index (χ4v) is 3.75. The van der Waals surface area contributed by atoms with Crippen LogP contribution in [0.4, 0.5) is 0 Å². The Morgan fingerprint density at radius 2 is 2.15 bits per heavy atom. The highest BCUT2D eigenvalue weighted by molar-refractivity contribution is 7.99. The minimum Gasteiger partial charge on any atom is -0.481 e. The number of carbonyl (C=O) groups is 1. The van der Waals surface area contributed by atoms with Gasteiger partial charge in [0.2, 0.25) is 0 Å².